The van der Waals surface area contributed by atoms with Crippen LogP contribution in [0.4, 0.5) is 0 Å². The van der Waals surface area contributed by atoms with Gasteiger partial charge in [-0.1, -0.05) is 18.2 Å². The molecule has 1 aliphatic rings. The Balaban J connectivity index is 2.13. The summed E-state index contributed by atoms with van der Waals surface area (Å²) < 4.78 is 0. The van der Waals surface area contributed by atoms with Gasteiger partial charge in [0.1, 0.15) is 6.54 Å². The molecule has 0 aromatic heterocycles. The van der Waals surface area contributed by atoms with Crippen LogP contribution in [-0.2, 0) is 9.59 Å². The maximum atomic E-state index is 12.7. The van der Waals surface area contributed by atoms with Crippen molar-refractivity contribution in [3.63, 3.8) is 0 Å². The molecular formula is C15H20N2O3S. The summed E-state index contributed by atoms with van der Waals surface area (Å²) in [6.07, 6.45) is 0. The van der Waals surface area contributed by atoms with E-state index in [1.54, 1.807) is 11.8 Å². The lowest BCUT2D eigenvalue weighted by Gasteiger charge is -2.25. The van der Waals surface area contributed by atoms with Crippen LogP contribution in [0.1, 0.15) is 11.5 Å². The molecule has 114 valence electrons. The van der Waals surface area contributed by atoms with Crippen molar-refractivity contribution < 1.29 is 14.7 Å². The van der Waals surface area contributed by atoms with Gasteiger partial charge < -0.3 is 14.9 Å². The molecule has 0 saturated heterocycles. The number of nitrogens with zero attached hydrogens (tertiary/aromatic N) is 2. The summed E-state index contributed by atoms with van der Waals surface area (Å²) in [5, 5.41) is 9.02. The zero-order valence-corrected chi connectivity index (χ0v) is 13.1. The third-order valence-corrected chi connectivity index (χ3v) is 4.64. The van der Waals surface area contributed by atoms with E-state index in [-0.39, 0.29) is 18.4 Å². The molecule has 1 aromatic carbocycles. The summed E-state index contributed by atoms with van der Waals surface area (Å²) in [6.45, 7) is 0.845. The van der Waals surface area contributed by atoms with Gasteiger partial charge in [-0.2, -0.15) is 0 Å². The molecule has 0 bridgehead atoms. The summed E-state index contributed by atoms with van der Waals surface area (Å²) in [6, 6.07) is 7.85. The lowest BCUT2D eigenvalue weighted by Crippen LogP contribution is -2.42. The van der Waals surface area contributed by atoms with Crippen LogP contribution in [0, 0.1) is 0 Å². The summed E-state index contributed by atoms with van der Waals surface area (Å²) >= 11 is 1.66. The molecule has 0 saturated carbocycles. The smallest absolute Gasteiger partial charge is 0.323 e. The Kier molecular flexibility index (Phi) is 5.25. The second-order valence-electron chi connectivity index (χ2n) is 5.36. The quantitative estimate of drug-likeness (QED) is 0.859. The van der Waals surface area contributed by atoms with Crippen molar-refractivity contribution in [1.29, 1.82) is 0 Å². The van der Waals surface area contributed by atoms with Gasteiger partial charge in [-0.3, -0.25) is 9.59 Å². The Hall–Kier alpha value is -1.53. The van der Waals surface area contributed by atoms with E-state index in [4.69, 9.17) is 5.11 Å². The first-order valence-electron chi connectivity index (χ1n) is 6.86. The maximum Gasteiger partial charge on any atom is 0.323 e. The van der Waals surface area contributed by atoms with E-state index in [2.05, 4.69) is 0 Å². The zero-order valence-electron chi connectivity index (χ0n) is 12.3. The fraction of sp³-hybridized carbons (Fsp3) is 0.467. The van der Waals surface area contributed by atoms with Gasteiger partial charge in [0.15, 0.2) is 0 Å². The molecule has 0 fully saturated rings. The van der Waals surface area contributed by atoms with Crippen LogP contribution in [0.3, 0.4) is 0 Å². The number of aliphatic carboxylic acids is 1. The molecule has 5 nitrogen and oxygen atoms in total. The minimum absolute atomic E-state index is 0.0864. The van der Waals surface area contributed by atoms with Crippen molar-refractivity contribution in [2.24, 2.45) is 0 Å². The average Bonchev–Trinajstić information content (AvgIpc) is 2.86. The number of carboxylic acids is 1. The number of likely N-dealkylation sites (N-methyl/N-ethyl adjacent to an activating group) is 1. The molecule has 2 rings (SSSR count). The Bertz CT molecular complexity index is 533. The lowest BCUT2D eigenvalue weighted by molar-refractivity contribution is -0.145. The molecule has 1 aliphatic heterocycles. The van der Waals surface area contributed by atoms with E-state index in [1.807, 2.05) is 43.3 Å². The second kappa shape index (κ2) is 6.95. The molecule has 0 spiro atoms. The Labute approximate surface area is 128 Å². The molecule has 1 aromatic rings. The number of hydrogen-bond donors (Lipinski definition) is 1. The standard InChI is InChI=1S/C15H20N2O3S/c1-16(2)7-8-17(9-14(18)19)15(20)12-10-21-13-6-4-3-5-11(12)13/h3-6,12H,7-10H2,1-2H3,(H,18,19). The second-order valence-corrected chi connectivity index (χ2v) is 6.42. The minimum Gasteiger partial charge on any atom is -0.480 e. The lowest BCUT2D eigenvalue weighted by atomic mass is 10.00. The van der Waals surface area contributed by atoms with Crippen molar-refractivity contribution in [2.45, 2.75) is 10.8 Å². The molecule has 0 aliphatic carbocycles. The SMILES string of the molecule is CN(C)CCN(CC(=O)O)C(=O)C1CSc2ccccc21. The number of carboxylic acid groups (broad SMARTS) is 1. The number of rotatable bonds is 6. The number of fused-ring (bicyclic) bond motifs is 1. The van der Waals surface area contributed by atoms with Gasteiger partial charge in [0.2, 0.25) is 5.91 Å². The van der Waals surface area contributed by atoms with Crippen LogP contribution in [0.15, 0.2) is 29.2 Å². The zero-order chi connectivity index (χ0) is 15.4. The molecule has 0 radical (unpaired) electrons. The van der Waals surface area contributed by atoms with Gasteiger partial charge >= 0.3 is 5.97 Å². The number of hydrogen-bond acceptors (Lipinski definition) is 4. The van der Waals surface area contributed by atoms with Gasteiger partial charge in [0.05, 0.1) is 5.92 Å². The maximum absolute atomic E-state index is 12.7. The predicted molar refractivity (Wildman–Crippen MR) is 82.7 cm³/mol. The van der Waals surface area contributed by atoms with Crippen LogP contribution in [0.5, 0.6) is 0 Å². The number of carbonyl (C=O) groups excluding carboxylic acids is 1. The Morgan fingerprint density at radius 1 is 1.29 bits per heavy atom. The Morgan fingerprint density at radius 2 is 2.00 bits per heavy atom. The first-order chi connectivity index (χ1) is 9.99. The van der Waals surface area contributed by atoms with Gasteiger partial charge in [-0.25, -0.2) is 0 Å². The summed E-state index contributed by atoms with van der Waals surface area (Å²) in [4.78, 5) is 28.2. The number of carbonyl (C=O) groups is 2. The van der Waals surface area contributed by atoms with Crippen LogP contribution in [-0.4, -0.2) is 66.3 Å². The molecule has 1 unspecified atom stereocenters. The predicted octanol–water partition coefficient (Wildman–Crippen LogP) is 1.35. The third-order valence-electron chi connectivity index (χ3n) is 3.45. The largest absolute Gasteiger partial charge is 0.480 e. The molecule has 1 N–H and O–H groups in total. The molecule has 1 heterocycles. The van der Waals surface area contributed by atoms with Crippen LogP contribution < -0.4 is 0 Å². The fourth-order valence-electron chi connectivity index (χ4n) is 2.34. The van der Waals surface area contributed by atoms with E-state index in [9.17, 15) is 9.59 Å². The normalized spacial score (nSPS) is 16.8. The first-order valence-corrected chi connectivity index (χ1v) is 7.84. The summed E-state index contributed by atoms with van der Waals surface area (Å²) in [5.41, 5.74) is 1.02. The van der Waals surface area contributed by atoms with Crippen LogP contribution in [0.25, 0.3) is 0 Å². The van der Waals surface area contributed by atoms with Crippen LogP contribution in [0.2, 0.25) is 0 Å². The number of amides is 1. The van der Waals surface area contributed by atoms with Crippen molar-refractivity contribution in [3.05, 3.63) is 29.8 Å². The summed E-state index contributed by atoms with van der Waals surface area (Å²) in [5.74, 6) is -0.596. The molecule has 6 heteroatoms. The van der Waals surface area contributed by atoms with Gasteiger partial charge in [-0.15, -0.1) is 11.8 Å². The average molecular weight is 308 g/mol. The van der Waals surface area contributed by atoms with Crippen LogP contribution >= 0.6 is 11.8 Å². The number of benzene rings is 1. The molecule has 1 atom stereocenters. The van der Waals surface area contributed by atoms with Gasteiger partial charge in [0.25, 0.3) is 0 Å². The Morgan fingerprint density at radius 3 is 2.67 bits per heavy atom. The highest BCUT2D eigenvalue weighted by Crippen LogP contribution is 2.40. The van der Waals surface area contributed by atoms with Gasteiger partial charge in [-0.05, 0) is 25.7 Å². The van der Waals surface area contributed by atoms with Crippen molar-refractivity contribution in [3.8, 4) is 0 Å². The highest BCUT2D eigenvalue weighted by molar-refractivity contribution is 7.99. The van der Waals surface area contributed by atoms with E-state index in [1.165, 1.54) is 4.90 Å². The van der Waals surface area contributed by atoms with Crippen molar-refractivity contribution in [2.75, 3.05) is 39.5 Å². The monoisotopic (exact) mass is 308 g/mol. The third kappa shape index (κ3) is 3.98. The highest BCUT2D eigenvalue weighted by atomic mass is 32.2. The topological polar surface area (TPSA) is 60.9 Å². The van der Waals surface area contributed by atoms with Crippen molar-refractivity contribution in [1.82, 2.24) is 9.80 Å². The molecule has 1 amide bonds. The first kappa shape index (κ1) is 15.9. The van der Waals surface area contributed by atoms with E-state index < -0.39 is 5.97 Å². The molecular weight excluding hydrogens is 288 g/mol. The fourth-order valence-corrected chi connectivity index (χ4v) is 3.56. The summed E-state index contributed by atoms with van der Waals surface area (Å²) in [7, 11) is 3.81. The van der Waals surface area contributed by atoms with Gasteiger partial charge in [0, 0.05) is 23.7 Å². The van der Waals surface area contributed by atoms with E-state index in [0.29, 0.717) is 18.8 Å². The molecule has 21 heavy (non-hydrogen) atoms. The van der Waals surface area contributed by atoms with E-state index >= 15 is 0 Å². The minimum atomic E-state index is -0.971. The van der Waals surface area contributed by atoms with E-state index in [0.717, 1.165) is 10.5 Å². The number of thioether (sulfide) groups is 1. The highest BCUT2D eigenvalue weighted by Gasteiger charge is 2.32. The van der Waals surface area contributed by atoms with Crippen molar-refractivity contribution >= 4 is 23.6 Å².